The first kappa shape index (κ1) is 15.9. The third kappa shape index (κ3) is 4.07. The Bertz CT molecular complexity index is 756. The molecule has 2 heterocycles. The highest BCUT2D eigenvalue weighted by atomic mass is 16.2. The van der Waals surface area contributed by atoms with Gasteiger partial charge < -0.3 is 10.2 Å². The number of benzene rings is 1. The van der Waals surface area contributed by atoms with Gasteiger partial charge in [-0.3, -0.25) is 14.6 Å². The number of rotatable bonds is 4. The molecule has 1 N–H and O–H groups in total. The van der Waals surface area contributed by atoms with Gasteiger partial charge in [-0.05, 0) is 48.7 Å². The summed E-state index contributed by atoms with van der Waals surface area (Å²) in [6.07, 6.45) is 9.10. The summed E-state index contributed by atoms with van der Waals surface area (Å²) in [5.41, 5.74) is 2.36. The van der Waals surface area contributed by atoms with Crippen molar-refractivity contribution in [3.05, 3.63) is 60.4 Å². The Balaban J connectivity index is 1.67. The zero-order valence-corrected chi connectivity index (χ0v) is 13.3. The largest absolute Gasteiger partial charge is 0.322 e. The molecule has 1 saturated heterocycles. The molecule has 0 spiro atoms. The van der Waals surface area contributed by atoms with Crippen LogP contribution < -0.4 is 10.2 Å². The number of hydrogen-bond donors (Lipinski definition) is 1. The van der Waals surface area contributed by atoms with E-state index in [1.54, 1.807) is 23.4 Å². The van der Waals surface area contributed by atoms with Gasteiger partial charge in [-0.15, -0.1) is 0 Å². The molecule has 0 atom stereocenters. The van der Waals surface area contributed by atoms with E-state index >= 15 is 0 Å². The summed E-state index contributed by atoms with van der Waals surface area (Å²) in [6, 6.07) is 11.1. The summed E-state index contributed by atoms with van der Waals surface area (Å²) >= 11 is 0. The SMILES string of the molecule is O=C(C=Cc1cccnc1)Nc1cccc(N2CCCCC2=O)c1. The quantitative estimate of drug-likeness (QED) is 0.879. The van der Waals surface area contributed by atoms with Crippen LogP contribution in [0.4, 0.5) is 11.4 Å². The maximum absolute atomic E-state index is 12.0. The summed E-state index contributed by atoms with van der Waals surface area (Å²) in [6.45, 7) is 0.733. The highest BCUT2D eigenvalue weighted by molar-refractivity contribution is 6.02. The standard InChI is InChI=1S/C19H19N3O2/c23-18(10-9-15-5-4-11-20-14-15)21-16-6-3-7-17(13-16)22-12-2-1-8-19(22)24/h3-7,9-11,13-14H,1-2,8,12H2,(H,21,23). The molecule has 0 bridgehead atoms. The van der Waals surface area contributed by atoms with E-state index < -0.39 is 0 Å². The maximum atomic E-state index is 12.0. The molecule has 0 saturated carbocycles. The van der Waals surface area contributed by atoms with Crippen LogP contribution >= 0.6 is 0 Å². The molecule has 1 aromatic heterocycles. The van der Waals surface area contributed by atoms with Crippen molar-refractivity contribution < 1.29 is 9.59 Å². The zero-order valence-electron chi connectivity index (χ0n) is 13.3. The molecule has 2 aromatic rings. The Hall–Kier alpha value is -2.95. The fourth-order valence-electron chi connectivity index (χ4n) is 2.66. The lowest BCUT2D eigenvalue weighted by molar-refractivity contribution is -0.119. The van der Waals surface area contributed by atoms with Gasteiger partial charge in [0.15, 0.2) is 0 Å². The molecule has 24 heavy (non-hydrogen) atoms. The Morgan fingerprint density at radius 3 is 2.92 bits per heavy atom. The molecular weight excluding hydrogens is 302 g/mol. The van der Waals surface area contributed by atoms with Crippen molar-refractivity contribution in [3.63, 3.8) is 0 Å². The van der Waals surface area contributed by atoms with Crippen molar-refractivity contribution in [3.8, 4) is 0 Å². The number of nitrogens with one attached hydrogen (secondary N) is 1. The van der Waals surface area contributed by atoms with Crippen LogP contribution in [0, 0.1) is 0 Å². The first-order valence-corrected chi connectivity index (χ1v) is 8.02. The van der Waals surface area contributed by atoms with Crippen molar-refractivity contribution in [1.29, 1.82) is 0 Å². The van der Waals surface area contributed by atoms with Crippen molar-refractivity contribution in [2.45, 2.75) is 19.3 Å². The molecule has 1 aliphatic heterocycles. The van der Waals surface area contributed by atoms with Crippen LogP contribution in [0.2, 0.25) is 0 Å². The summed E-state index contributed by atoms with van der Waals surface area (Å²) in [5, 5.41) is 2.82. The highest BCUT2D eigenvalue weighted by Gasteiger charge is 2.19. The summed E-state index contributed by atoms with van der Waals surface area (Å²) in [4.78, 5) is 29.8. The maximum Gasteiger partial charge on any atom is 0.248 e. The average molecular weight is 321 g/mol. The van der Waals surface area contributed by atoms with Crippen LogP contribution in [0.1, 0.15) is 24.8 Å². The van der Waals surface area contributed by atoms with Gasteiger partial charge in [0.2, 0.25) is 11.8 Å². The van der Waals surface area contributed by atoms with Gasteiger partial charge in [0, 0.05) is 42.8 Å². The lowest BCUT2D eigenvalue weighted by Crippen LogP contribution is -2.35. The van der Waals surface area contributed by atoms with E-state index in [-0.39, 0.29) is 11.8 Å². The molecule has 5 heteroatoms. The number of piperidine rings is 1. The summed E-state index contributed by atoms with van der Waals surface area (Å²) in [7, 11) is 0. The molecule has 122 valence electrons. The molecule has 5 nitrogen and oxygen atoms in total. The molecule has 1 fully saturated rings. The van der Waals surface area contributed by atoms with E-state index in [0.717, 1.165) is 30.6 Å². The van der Waals surface area contributed by atoms with Crippen molar-refractivity contribution in [2.24, 2.45) is 0 Å². The Morgan fingerprint density at radius 2 is 2.12 bits per heavy atom. The number of aromatic nitrogens is 1. The van der Waals surface area contributed by atoms with Crippen LogP contribution in [-0.4, -0.2) is 23.3 Å². The Morgan fingerprint density at radius 1 is 1.21 bits per heavy atom. The summed E-state index contributed by atoms with van der Waals surface area (Å²) in [5.74, 6) is -0.0813. The number of pyridine rings is 1. The van der Waals surface area contributed by atoms with Gasteiger partial charge in [-0.25, -0.2) is 0 Å². The molecule has 1 aromatic carbocycles. The topological polar surface area (TPSA) is 62.3 Å². The molecule has 0 radical (unpaired) electrons. The summed E-state index contributed by atoms with van der Waals surface area (Å²) < 4.78 is 0. The normalized spacial score (nSPS) is 14.8. The third-order valence-corrected chi connectivity index (χ3v) is 3.86. The number of nitrogens with zero attached hydrogens (tertiary/aromatic N) is 2. The van der Waals surface area contributed by atoms with Gasteiger partial charge in [-0.1, -0.05) is 12.1 Å². The van der Waals surface area contributed by atoms with Gasteiger partial charge in [0.1, 0.15) is 0 Å². The van der Waals surface area contributed by atoms with Crippen LogP contribution in [-0.2, 0) is 9.59 Å². The van der Waals surface area contributed by atoms with E-state index in [1.165, 1.54) is 6.08 Å². The van der Waals surface area contributed by atoms with Gasteiger partial charge in [0.25, 0.3) is 0 Å². The first-order valence-electron chi connectivity index (χ1n) is 8.02. The monoisotopic (exact) mass is 321 g/mol. The fourth-order valence-corrected chi connectivity index (χ4v) is 2.66. The minimum absolute atomic E-state index is 0.140. The van der Waals surface area contributed by atoms with Crippen LogP contribution in [0.3, 0.4) is 0 Å². The van der Waals surface area contributed by atoms with Gasteiger partial charge in [-0.2, -0.15) is 0 Å². The van der Waals surface area contributed by atoms with E-state index in [2.05, 4.69) is 10.3 Å². The van der Waals surface area contributed by atoms with Crippen LogP contribution in [0.15, 0.2) is 54.9 Å². The van der Waals surface area contributed by atoms with Gasteiger partial charge >= 0.3 is 0 Å². The van der Waals surface area contributed by atoms with Crippen molar-refractivity contribution in [2.75, 3.05) is 16.8 Å². The predicted octanol–water partition coefficient (Wildman–Crippen LogP) is 3.25. The van der Waals surface area contributed by atoms with Crippen molar-refractivity contribution in [1.82, 2.24) is 4.98 Å². The van der Waals surface area contributed by atoms with E-state index in [0.29, 0.717) is 12.1 Å². The molecular formula is C19H19N3O2. The molecule has 1 aliphatic rings. The number of hydrogen-bond acceptors (Lipinski definition) is 3. The minimum atomic E-state index is -0.221. The highest BCUT2D eigenvalue weighted by Crippen LogP contribution is 2.23. The fraction of sp³-hybridized carbons (Fsp3) is 0.211. The predicted molar refractivity (Wildman–Crippen MR) is 94.5 cm³/mol. The van der Waals surface area contributed by atoms with Gasteiger partial charge in [0.05, 0.1) is 0 Å². The second-order valence-corrected chi connectivity index (χ2v) is 5.66. The molecule has 2 amide bonds. The van der Waals surface area contributed by atoms with Crippen LogP contribution in [0.5, 0.6) is 0 Å². The molecule has 0 unspecified atom stereocenters. The first-order chi connectivity index (χ1) is 11.7. The number of amides is 2. The molecule has 0 aliphatic carbocycles. The Kier molecular flexibility index (Phi) is 5.01. The van der Waals surface area contributed by atoms with Crippen molar-refractivity contribution >= 4 is 29.3 Å². The smallest absolute Gasteiger partial charge is 0.248 e. The van der Waals surface area contributed by atoms with E-state index in [4.69, 9.17) is 0 Å². The molecule has 3 rings (SSSR count). The van der Waals surface area contributed by atoms with E-state index in [1.807, 2.05) is 36.4 Å². The lowest BCUT2D eigenvalue weighted by atomic mass is 10.1. The lowest BCUT2D eigenvalue weighted by Gasteiger charge is -2.27. The minimum Gasteiger partial charge on any atom is -0.322 e. The number of anilines is 2. The Labute approximate surface area is 141 Å². The second kappa shape index (κ2) is 7.55. The number of carbonyl (C=O) groups excluding carboxylic acids is 2. The van der Waals surface area contributed by atoms with Crippen LogP contribution in [0.25, 0.3) is 6.08 Å². The number of carbonyl (C=O) groups is 2. The zero-order chi connectivity index (χ0) is 16.8. The van der Waals surface area contributed by atoms with E-state index in [9.17, 15) is 9.59 Å². The average Bonchev–Trinajstić information content (AvgIpc) is 2.61. The third-order valence-electron chi connectivity index (χ3n) is 3.86. The second-order valence-electron chi connectivity index (χ2n) is 5.66.